The van der Waals surface area contributed by atoms with E-state index in [0.29, 0.717) is 18.8 Å². The molecule has 1 fully saturated rings. The predicted octanol–water partition coefficient (Wildman–Crippen LogP) is 3.78. The van der Waals surface area contributed by atoms with Crippen LogP contribution in [0.15, 0.2) is 47.3 Å². The lowest BCUT2D eigenvalue weighted by Crippen LogP contribution is -2.46. The molecule has 146 valence electrons. The molecule has 4 rings (SSSR count). The number of hydrogen-bond donors (Lipinski definition) is 1. The van der Waals surface area contributed by atoms with Crippen LogP contribution in [0.5, 0.6) is 0 Å². The number of aromatic nitrogens is 1. The van der Waals surface area contributed by atoms with Crippen LogP contribution >= 0.6 is 11.3 Å². The third kappa shape index (κ3) is 3.49. The van der Waals surface area contributed by atoms with Crippen LogP contribution in [0.3, 0.4) is 0 Å². The van der Waals surface area contributed by atoms with Gasteiger partial charge in [-0.15, -0.1) is 11.3 Å². The molecule has 0 aromatic carbocycles. The topological polar surface area (TPSA) is 67.5 Å². The second-order valence-corrected chi connectivity index (χ2v) is 8.27. The van der Waals surface area contributed by atoms with Crippen molar-refractivity contribution in [3.63, 3.8) is 0 Å². The van der Waals surface area contributed by atoms with E-state index in [1.165, 1.54) is 6.26 Å². The fraction of sp³-hybridized carbons (Fsp3) is 0.333. The highest BCUT2D eigenvalue weighted by atomic mass is 32.1. The van der Waals surface area contributed by atoms with Gasteiger partial charge in [-0.3, -0.25) is 9.59 Å². The molecule has 1 saturated heterocycles. The van der Waals surface area contributed by atoms with Gasteiger partial charge in [-0.1, -0.05) is 0 Å². The lowest BCUT2D eigenvalue weighted by atomic mass is 10.0. The Morgan fingerprint density at radius 3 is 2.50 bits per heavy atom. The number of hydrogen-bond acceptors (Lipinski definition) is 4. The lowest BCUT2D eigenvalue weighted by Gasteiger charge is -2.32. The summed E-state index contributed by atoms with van der Waals surface area (Å²) in [5, 5.41) is 4.13. The van der Waals surface area contributed by atoms with Crippen LogP contribution in [0.25, 0.3) is 5.00 Å². The maximum atomic E-state index is 13.1. The molecule has 1 aliphatic heterocycles. The first kappa shape index (κ1) is 18.6. The zero-order valence-corrected chi connectivity index (χ0v) is 16.8. The first-order chi connectivity index (χ1) is 13.5. The van der Waals surface area contributed by atoms with Crippen LogP contribution in [0, 0.1) is 13.8 Å². The Hall–Kier alpha value is -2.80. The zero-order valence-electron chi connectivity index (χ0n) is 16.0. The molecule has 0 bridgehead atoms. The fourth-order valence-electron chi connectivity index (χ4n) is 3.57. The van der Waals surface area contributed by atoms with E-state index in [0.717, 1.165) is 33.8 Å². The maximum Gasteiger partial charge on any atom is 0.289 e. The van der Waals surface area contributed by atoms with Gasteiger partial charge in [0.2, 0.25) is 0 Å². The van der Waals surface area contributed by atoms with Crippen molar-refractivity contribution < 1.29 is 14.0 Å². The molecular weight excluding hydrogens is 374 g/mol. The Bertz CT molecular complexity index is 965. The number of nitrogens with zero attached hydrogens (tertiary/aromatic N) is 2. The van der Waals surface area contributed by atoms with Gasteiger partial charge >= 0.3 is 0 Å². The van der Waals surface area contributed by atoms with Crippen LogP contribution in [0.1, 0.15) is 44.2 Å². The smallest absolute Gasteiger partial charge is 0.289 e. The van der Waals surface area contributed by atoms with Crippen LogP contribution < -0.4 is 5.32 Å². The van der Waals surface area contributed by atoms with Gasteiger partial charge in [-0.25, -0.2) is 0 Å². The second-order valence-electron chi connectivity index (χ2n) is 7.07. The molecule has 0 radical (unpaired) electrons. The van der Waals surface area contributed by atoms with Crippen molar-refractivity contribution in [1.29, 1.82) is 0 Å². The zero-order chi connectivity index (χ0) is 19.7. The van der Waals surface area contributed by atoms with E-state index in [4.69, 9.17) is 4.42 Å². The van der Waals surface area contributed by atoms with Gasteiger partial charge in [0.15, 0.2) is 5.76 Å². The molecule has 0 aliphatic carbocycles. The molecule has 6 nitrogen and oxygen atoms in total. The van der Waals surface area contributed by atoms with E-state index in [9.17, 15) is 9.59 Å². The molecule has 3 aromatic rings. The summed E-state index contributed by atoms with van der Waals surface area (Å²) >= 11 is 1.63. The lowest BCUT2D eigenvalue weighted by molar-refractivity contribution is 0.0667. The molecule has 1 N–H and O–H groups in total. The number of carbonyl (C=O) groups excluding carboxylic acids is 2. The van der Waals surface area contributed by atoms with Crippen LogP contribution in [-0.4, -0.2) is 40.4 Å². The summed E-state index contributed by atoms with van der Waals surface area (Å²) in [5.74, 6) is 0.235. The average molecular weight is 398 g/mol. The summed E-state index contributed by atoms with van der Waals surface area (Å²) in [5.41, 5.74) is 1.77. The summed E-state index contributed by atoms with van der Waals surface area (Å²) in [6.07, 6.45) is 6.90. The first-order valence-corrected chi connectivity index (χ1v) is 10.2. The number of thiophene rings is 1. The number of amides is 2. The molecule has 0 atom stereocenters. The quantitative estimate of drug-likeness (QED) is 0.728. The van der Waals surface area contributed by atoms with Gasteiger partial charge in [0, 0.05) is 36.4 Å². The molecule has 1 aliphatic rings. The largest absolute Gasteiger partial charge is 0.459 e. The predicted molar refractivity (Wildman–Crippen MR) is 108 cm³/mol. The Balaban J connectivity index is 1.42. The van der Waals surface area contributed by atoms with E-state index < -0.39 is 0 Å². The molecule has 28 heavy (non-hydrogen) atoms. The number of piperidine rings is 1. The number of furan rings is 1. The minimum Gasteiger partial charge on any atom is -0.459 e. The van der Waals surface area contributed by atoms with Crippen molar-refractivity contribution >= 4 is 23.2 Å². The number of nitrogens with one attached hydrogen (secondary N) is 1. The van der Waals surface area contributed by atoms with E-state index in [2.05, 4.69) is 5.32 Å². The highest BCUT2D eigenvalue weighted by Crippen LogP contribution is 2.31. The van der Waals surface area contributed by atoms with E-state index in [1.807, 2.05) is 42.9 Å². The molecule has 3 aromatic heterocycles. The van der Waals surface area contributed by atoms with Crippen LogP contribution in [0.2, 0.25) is 0 Å². The third-order valence-electron chi connectivity index (χ3n) is 5.28. The van der Waals surface area contributed by atoms with Gasteiger partial charge < -0.3 is 19.2 Å². The molecule has 4 heterocycles. The van der Waals surface area contributed by atoms with Gasteiger partial charge in [-0.05, 0) is 56.5 Å². The van der Waals surface area contributed by atoms with Crippen LogP contribution in [-0.2, 0) is 0 Å². The SMILES string of the molecule is Cc1sc(-n2cccc2)c(C(=O)NC2CCN(C(=O)c3ccco3)CC2)c1C. The number of rotatable bonds is 4. The highest BCUT2D eigenvalue weighted by Gasteiger charge is 2.28. The summed E-state index contributed by atoms with van der Waals surface area (Å²) < 4.78 is 7.19. The van der Waals surface area contributed by atoms with E-state index >= 15 is 0 Å². The van der Waals surface area contributed by atoms with Crippen molar-refractivity contribution in [2.75, 3.05) is 13.1 Å². The number of aryl methyl sites for hydroxylation is 1. The summed E-state index contributed by atoms with van der Waals surface area (Å²) in [6.45, 7) is 5.26. The van der Waals surface area contributed by atoms with E-state index in [-0.39, 0.29) is 17.9 Å². The fourth-order valence-corrected chi connectivity index (χ4v) is 4.69. The number of carbonyl (C=O) groups is 2. The summed E-state index contributed by atoms with van der Waals surface area (Å²) in [4.78, 5) is 28.4. The molecule has 0 saturated carbocycles. The van der Waals surface area contributed by atoms with Gasteiger partial charge in [0.1, 0.15) is 5.00 Å². The van der Waals surface area contributed by atoms with Crippen molar-refractivity contribution in [1.82, 2.24) is 14.8 Å². The Morgan fingerprint density at radius 2 is 1.86 bits per heavy atom. The Labute approximate surface area is 167 Å². The van der Waals surface area contributed by atoms with Gasteiger partial charge in [0.25, 0.3) is 11.8 Å². The second kappa shape index (κ2) is 7.67. The standard InChI is InChI=1S/C21H23N3O3S/c1-14-15(2)28-21(24-9-3-4-10-24)18(14)19(25)22-16-7-11-23(12-8-16)20(26)17-6-5-13-27-17/h3-6,9-10,13,16H,7-8,11-12H2,1-2H3,(H,22,25). The number of likely N-dealkylation sites (tertiary alicyclic amines) is 1. The van der Waals surface area contributed by atoms with Crippen LogP contribution in [0.4, 0.5) is 0 Å². The minimum absolute atomic E-state index is 0.0404. The summed E-state index contributed by atoms with van der Waals surface area (Å²) in [7, 11) is 0. The maximum absolute atomic E-state index is 13.1. The van der Waals surface area contributed by atoms with Crippen molar-refractivity contribution in [2.24, 2.45) is 0 Å². The molecule has 7 heteroatoms. The third-order valence-corrected chi connectivity index (χ3v) is 6.50. The molecular formula is C21H23N3O3S. The van der Waals surface area contributed by atoms with E-state index in [1.54, 1.807) is 28.4 Å². The normalized spacial score (nSPS) is 15.0. The minimum atomic E-state index is -0.0889. The summed E-state index contributed by atoms with van der Waals surface area (Å²) in [6, 6.07) is 7.37. The average Bonchev–Trinajstić information content (AvgIpc) is 3.44. The Kier molecular flexibility index (Phi) is 5.09. The molecule has 0 unspecified atom stereocenters. The Morgan fingerprint density at radius 1 is 1.14 bits per heavy atom. The molecule has 2 amide bonds. The molecule has 0 spiro atoms. The first-order valence-electron chi connectivity index (χ1n) is 9.41. The van der Waals surface area contributed by atoms with Gasteiger partial charge in [-0.2, -0.15) is 0 Å². The van der Waals surface area contributed by atoms with Gasteiger partial charge in [0.05, 0.1) is 11.8 Å². The van der Waals surface area contributed by atoms with Crippen molar-refractivity contribution in [3.05, 3.63) is 64.7 Å². The monoisotopic (exact) mass is 397 g/mol. The highest BCUT2D eigenvalue weighted by molar-refractivity contribution is 7.15. The van der Waals surface area contributed by atoms with Crippen molar-refractivity contribution in [2.45, 2.75) is 32.7 Å². The van der Waals surface area contributed by atoms with Crippen molar-refractivity contribution in [3.8, 4) is 5.00 Å².